The predicted octanol–water partition coefficient (Wildman–Crippen LogP) is 0.218. The zero-order chi connectivity index (χ0) is 30.0. The third kappa shape index (κ3) is 4.88. The lowest BCUT2D eigenvalue weighted by Crippen LogP contribution is -2.60. The van der Waals surface area contributed by atoms with E-state index in [1.165, 1.54) is 0 Å². The van der Waals surface area contributed by atoms with Crippen molar-refractivity contribution in [3.63, 3.8) is 0 Å². The van der Waals surface area contributed by atoms with Gasteiger partial charge in [-0.25, -0.2) is 9.59 Å². The molecule has 0 saturated heterocycles. The van der Waals surface area contributed by atoms with Crippen molar-refractivity contribution in [3.05, 3.63) is 22.3 Å². The van der Waals surface area contributed by atoms with E-state index in [-0.39, 0.29) is 65.8 Å². The lowest BCUT2D eigenvalue weighted by Gasteiger charge is -2.59. The molecule has 4 aliphatic rings. The van der Waals surface area contributed by atoms with Gasteiger partial charge in [-0.15, -0.1) is 0 Å². The summed E-state index contributed by atoms with van der Waals surface area (Å²) in [5.41, 5.74) is -3.89. The highest BCUT2D eigenvalue weighted by atomic mass is 32.2. The molecule has 4 bridgehead atoms. The lowest BCUT2D eigenvalue weighted by atomic mass is 9.48. The van der Waals surface area contributed by atoms with Crippen LogP contribution in [0.1, 0.15) is 77.3 Å². The Kier molecular flexibility index (Phi) is 7.79. The largest absolute Gasteiger partial charge is 0.478 e. The second kappa shape index (κ2) is 10.2. The molecule has 40 heavy (non-hydrogen) atoms. The van der Waals surface area contributed by atoms with Crippen molar-refractivity contribution >= 4 is 70.3 Å². The fourth-order valence-corrected chi connectivity index (χ4v) is 7.59. The fourth-order valence-electron chi connectivity index (χ4n) is 7.13. The lowest BCUT2D eigenvalue weighted by molar-refractivity contribution is -0.206. The molecule has 2 N–H and O–H groups in total. The topological polar surface area (TPSA) is 144 Å². The molecule has 1 aromatic carbocycles. The van der Waals surface area contributed by atoms with Crippen LogP contribution in [0.15, 0.2) is 0 Å². The number of aromatic carboxylic acids is 1. The van der Waals surface area contributed by atoms with Crippen molar-refractivity contribution in [2.75, 3.05) is 0 Å². The number of carbonyl (C=O) groups excluding carboxylic acids is 2. The Hall–Kier alpha value is -2.34. The molecule has 0 aromatic heterocycles. The molecule has 4 fully saturated rings. The number of alkyl halides is 2. The molecule has 5 rings (SSSR count). The van der Waals surface area contributed by atoms with E-state index in [2.05, 4.69) is 0 Å². The first kappa shape index (κ1) is 30.6. The van der Waals surface area contributed by atoms with Crippen LogP contribution in [0.2, 0.25) is 0 Å². The Bertz CT molecular complexity index is 1370. The third-order valence-corrected chi connectivity index (χ3v) is 9.49. The van der Waals surface area contributed by atoms with Crippen LogP contribution in [0.5, 0.6) is 0 Å². The summed E-state index contributed by atoms with van der Waals surface area (Å²) >= 11 is 0. The van der Waals surface area contributed by atoms with Gasteiger partial charge in [-0.1, -0.05) is 29.1 Å². The maximum Gasteiger partial charge on any atom is 0.405 e. The van der Waals surface area contributed by atoms with Gasteiger partial charge in [-0.2, -0.15) is 17.2 Å². The van der Waals surface area contributed by atoms with Crippen molar-refractivity contribution < 1.29 is 50.7 Å². The first-order valence-corrected chi connectivity index (χ1v) is 14.0. The minimum Gasteiger partial charge on any atom is -0.478 e. The molecule has 0 spiro atoms. The number of carboxylic acids is 1. The molecular weight excluding hydrogens is 546 g/mol. The number of rotatable bonds is 9. The molecule has 4 saturated carbocycles. The van der Waals surface area contributed by atoms with Crippen LogP contribution in [0, 0.1) is 17.3 Å². The molecule has 0 amide bonds. The van der Waals surface area contributed by atoms with Gasteiger partial charge in [0.15, 0.2) is 6.10 Å². The van der Waals surface area contributed by atoms with E-state index in [0.717, 1.165) is 0 Å². The van der Waals surface area contributed by atoms with Gasteiger partial charge in [-0.3, -0.25) is 9.35 Å². The Balaban J connectivity index is 1.69. The summed E-state index contributed by atoms with van der Waals surface area (Å²) in [6.07, 6.45) is -1.33. The number of carboxylic acid groups (broad SMARTS) is 1. The van der Waals surface area contributed by atoms with Crippen LogP contribution in [-0.2, 0) is 37.0 Å². The first-order valence-electron chi connectivity index (χ1n) is 12.6. The highest BCUT2D eigenvalue weighted by Crippen LogP contribution is 2.63. The molecule has 3 atom stereocenters. The zero-order valence-electron chi connectivity index (χ0n) is 21.6. The standard InChI is InChI=1S/C24H24B4F2O9S/c1-10(24(29,30)40(35,36)37)38-21(34)22-3-11-2-12(4-22)6-23(5-11,9-22)39-20(33)15-13(7-25)17(27)14(8-26)18(28)16(15)19(31)32/h10-12H,2-9H2,1H3,(H,31,32)(H,35,36,37). The van der Waals surface area contributed by atoms with Gasteiger partial charge in [0, 0.05) is 6.42 Å². The summed E-state index contributed by atoms with van der Waals surface area (Å²) < 4.78 is 70.2. The Morgan fingerprint density at radius 1 is 1.02 bits per heavy atom. The second-order valence-electron chi connectivity index (χ2n) is 11.1. The van der Waals surface area contributed by atoms with Gasteiger partial charge >= 0.3 is 33.3 Å². The molecule has 16 heteroatoms. The summed E-state index contributed by atoms with van der Waals surface area (Å²) in [5, 5.41) is 5.14. The van der Waals surface area contributed by atoms with E-state index in [1.807, 2.05) is 0 Å². The number of halogens is 2. The van der Waals surface area contributed by atoms with Gasteiger partial charge in [0.2, 0.25) is 0 Å². The number of hydrogen-bond donors (Lipinski definition) is 2. The van der Waals surface area contributed by atoms with E-state index < -0.39 is 61.5 Å². The van der Waals surface area contributed by atoms with Crippen LogP contribution in [0.4, 0.5) is 8.78 Å². The third-order valence-electron chi connectivity index (χ3n) is 8.47. The number of ether oxygens (including phenoxy) is 2. The van der Waals surface area contributed by atoms with E-state index in [9.17, 15) is 36.7 Å². The fraction of sp³-hybridized carbons (Fsp3) is 0.625. The van der Waals surface area contributed by atoms with Gasteiger partial charge in [0.05, 0.1) is 32.2 Å². The number of carbonyl (C=O) groups is 3. The van der Waals surface area contributed by atoms with Crippen molar-refractivity contribution in [3.8, 4) is 0 Å². The van der Waals surface area contributed by atoms with Crippen molar-refractivity contribution in [1.82, 2.24) is 0 Å². The number of benzene rings is 1. The van der Waals surface area contributed by atoms with Gasteiger partial charge in [0.25, 0.3) is 0 Å². The normalized spacial score (nSPS) is 28.2. The quantitative estimate of drug-likeness (QED) is 0.242. The molecular formula is C24H24B4F2O9S. The smallest absolute Gasteiger partial charge is 0.405 e. The minimum absolute atomic E-state index is 0.0165. The number of hydrogen-bond acceptors (Lipinski definition) is 7. The molecule has 206 valence electrons. The molecule has 8 radical (unpaired) electrons. The van der Waals surface area contributed by atoms with Crippen LogP contribution in [0.3, 0.4) is 0 Å². The zero-order valence-corrected chi connectivity index (χ0v) is 22.4. The van der Waals surface area contributed by atoms with Crippen molar-refractivity contribution in [2.45, 2.75) is 75.0 Å². The highest BCUT2D eigenvalue weighted by Gasteiger charge is 2.64. The monoisotopic (exact) mass is 570 g/mol. The average Bonchev–Trinajstić information content (AvgIpc) is 2.81. The molecule has 9 nitrogen and oxygen atoms in total. The summed E-state index contributed by atoms with van der Waals surface area (Å²) in [5.74, 6) is -4.00. The maximum absolute atomic E-state index is 14.1. The van der Waals surface area contributed by atoms with Crippen LogP contribution >= 0.6 is 0 Å². The molecule has 3 unspecified atom stereocenters. The maximum atomic E-state index is 14.1. The van der Waals surface area contributed by atoms with Crippen LogP contribution in [-0.4, -0.2) is 84.3 Å². The van der Waals surface area contributed by atoms with Crippen LogP contribution in [0.25, 0.3) is 0 Å². The molecule has 4 aliphatic carbocycles. The van der Waals surface area contributed by atoms with E-state index in [4.69, 9.17) is 45.4 Å². The SMILES string of the molecule is [B]Cc1c([B])c(C[B])c(C(=O)OC23CC4CC(C2)CC(C(=O)OC(C)C(F)(F)S(=O)(=O)O)(C4)C3)c(C(=O)O)c1[B]. The molecule has 0 heterocycles. The number of esters is 2. The summed E-state index contributed by atoms with van der Waals surface area (Å²) in [6.45, 7) is 0.656. The van der Waals surface area contributed by atoms with Crippen molar-refractivity contribution in [1.29, 1.82) is 0 Å². The minimum atomic E-state index is -5.86. The second-order valence-corrected chi connectivity index (χ2v) is 12.6. The predicted molar refractivity (Wildman–Crippen MR) is 140 cm³/mol. The Morgan fingerprint density at radius 2 is 1.57 bits per heavy atom. The summed E-state index contributed by atoms with van der Waals surface area (Å²) in [4.78, 5) is 39.1. The van der Waals surface area contributed by atoms with Gasteiger partial charge in [0.1, 0.15) is 21.3 Å². The van der Waals surface area contributed by atoms with Crippen LogP contribution < -0.4 is 10.9 Å². The van der Waals surface area contributed by atoms with E-state index in [1.54, 1.807) is 0 Å². The van der Waals surface area contributed by atoms with Gasteiger partial charge in [-0.05, 0) is 56.4 Å². The molecule has 1 aromatic rings. The average molecular weight is 570 g/mol. The molecule has 0 aliphatic heterocycles. The van der Waals surface area contributed by atoms with Gasteiger partial charge < -0.3 is 14.6 Å². The van der Waals surface area contributed by atoms with E-state index in [0.29, 0.717) is 26.2 Å². The summed E-state index contributed by atoms with van der Waals surface area (Å²) in [7, 11) is 17.8. The Morgan fingerprint density at radius 3 is 2.05 bits per heavy atom. The first-order chi connectivity index (χ1) is 18.4. The Labute approximate surface area is 235 Å². The van der Waals surface area contributed by atoms with E-state index >= 15 is 0 Å². The summed E-state index contributed by atoms with van der Waals surface area (Å²) in [6, 6.07) is 0. The highest BCUT2D eigenvalue weighted by molar-refractivity contribution is 7.86. The van der Waals surface area contributed by atoms with Crippen molar-refractivity contribution in [2.24, 2.45) is 17.3 Å².